The second kappa shape index (κ2) is 13.5. The van der Waals surface area contributed by atoms with Crippen LogP contribution in [0.4, 0.5) is 10.1 Å². The molecule has 34 heavy (non-hydrogen) atoms. The Morgan fingerprint density at radius 1 is 1.09 bits per heavy atom. The van der Waals surface area contributed by atoms with Gasteiger partial charge in [-0.05, 0) is 61.6 Å². The second-order valence-corrected chi connectivity index (χ2v) is 9.89. The molecule has 1 saturated heterocycles. The highest BCUT2D eigenvalue weighted by Crippen LogP contribution is 2.24. The number of amides is 2. The van der Waals surface area contributed by atoms with Gasteiger partial charge in [0.15, 0.2) is 0 Å². The van der Waals surface area contributed by atoms with Crippen LogP contribution in [0.5, 0.6) is 0 Å². The zero-order valence-corrected chi connectivity index (χ0v) is 20.8. The van der Waals surface area contributed by atoms with Crippen molar-refractivity contribution in [1.29, 1.82) is 0 Å². The minimum Gasteiger partial charge on any atom is -0.345 e. The Bertz CT molecular complexity index is 941. The average Bonchev–Trinajstić information content (AvgIpc) is 3.28. The number of unbranched alkanes of at least 4 members (excludes halogenated alkanes) is 2. The highest BCUT2D eigenvalue weighted by molar-refractivity contribution is 8.00. The molecule has 1 heterocycles. The molecular formula is C26H35FN4O2S. The van der Waals surface area contributed by atoms with E-state index in [9.17, 15) is 14.0 Å². The zero-order valence-electron chi connectivity index (χ0n) is 20.0. The minimum atomic E-state index is -0.211. The molecule has 2 atom stereocenters. The number of hydrogen-bond acceptors (Lipinski definition) is 5. The van der Waals surface area contributed by atoms with Gasteiger partial charge >= 0.3 is 0 Å². The molecular weight excluding hydrogens is 451 g/mol. The van der Waals surface area contributed by atoms with Crippen LogP contribution in [0.25, 0.3) is 0 Å². The van der Waals surface area contributed by atoms with Crippen LogP contribution in [0.3, 0.4) is 0 Å². The molecule has 0 radical (unpaired) electrons. The topological polar surface area (TPSA) is 73.5 Å². The molecule has 1 aliphatic rings. The monoisotopic (exact) mass is 486 g/mol. The molecule has 2 aromatic carbocycles. The molecule has 0 aliphatic carbocycles. The number of hydrogen-bond donors (Lipinski definition) is 3. The van der Waals surface area contributed by atoms with E-state index in [2.05, 4.69) is 16.2 Å². The summed E-state index contributed by atoms with van der Waals surface area (Å²) in [5, 5.41) is 2.86. The summed E-state index contributed by atoms with van der Waals surface area (Å²) in [6.07, 6.45) is 5.16. The van der Waals surface area contributed by atoms with Crippen LogP contribution in [0.1, 0.15) is 49.3 Å². The third-order valence-electron chi connectivity index (χ3n) is 5.99. The Labute approximate surface area is 206 Å². The number of rotatable bonds is 12. The number of halogens is 1. The van der Waals surface area contributed by atoms with Gasteiger partial charge in [0.2, 0.25) is 11.8 Å². The maximum Gasteiger partial charge on any atom is 0.234 e. The number of benzene rings is 2. The van der Waals surface area contributed by atoms with Gasteiger partial charge in [0, 0.05) is 31.4 Å². The Balaban J connectivity index is 1.22. The number of nitrogens with zero attached hydrogens (tertiary/aromatic N) is 1. The first-order valence-electron chi connectivity index (χ1n) is 11.9. The van der Waals surface area contributed by atoms with Crippen LogP contribution < -0.4 is 16.2 Å². The highest BCUT2D eigenvalue weighted by atomic mass is 32.2. The third-order valence-corrected chi connectivity index (χ3v) is 6.90. The molecule has 0 saturated carbocycles. The van der Waals surface area contributed by atoms with E-state index in [0.717, 1.165) is 55.5 Å². The second-order valence-electron chi connectivity index (χ2n) is 8.90. The van der Waals surface area contributed by atoms with Gasteiger partial charge in [0.1, 0.15) is 5.82 Å². The average molecular weight is 487 g/mol. The summed E-state index contributed by atoms with van der Waals surface area (Å²) >= 11 is 1.34. The summed E-state index contributed by atoms with van der Waals surface area (Å²) in [7, 11) is 1.82. The summed E-state index contributed by atoms with van der Waals surface area (Å²) in [5.41, 5.74) is 9.62. The van der Waals surface area contributed by atoms with E-state index in [1.807, 2.05) is 50.4 Å². The number of thioether (sulfide) groups is 1. The Kier molecular flexibility index (Phi) is 10.4. The van der Waals surface area contributed by atoms with Crippen LogP contribution >= 0.6 is 11.8 Å². The van der Waals surface area contributed by atoms with Gasteiger partial charge in [-0.3, -0.25) is 20.4 Å². The van der Waals surface area contributed by atoms with Crippen LogP contribution in [0, 0.1) is 12.7 Å². The molecule has 0 bridgehead atoms. The molecule has 6 nitrogen and oxygen atoms in total. The van der Waals surface area contributed by atoms with Crippen molar-refractivity contribution in [2.24, 2.45) is 0 Å². The summed E-state index contributed by atoms with van der Waals surface area (Å²) in [4.78, 5) is 26.1. The first kappa shape index (κ1) is 26.2. The van der Waals surface area contributed by atoms with E-state index in [1.165, 1.54) is 23.9 Å². The van der Waals surface area contributed by atoms with E-state index in [0.29, 0.717) is 11.8 Å². The molecule has 3 rings (SSSR count). The SMILES string of the molecule is Cc1cccc(NC(=O)CSCC(=O)N(C)CCCCCC2CC(c3ccc(F)cc3)NN2)c1. The lowest BCUT2D eigenvalue weighted by Crippen LogP contribution is -2.31. The van der Waals surface area contributed by atoms with E-state index in [1.54, 1.807) is 4.90 Å². The summed E-state index contributed by atoms with van der Waals surface area (Å²) in [5.74, 6) is 0.312. The van der Waals surface area contributed by atoms with Crippen molar-refractivity contribution in [2.75, 3.05) is 30.4 Å². The fourth-order valence-corrected chi connectivity index (χ4v) is 4.78. The Hall–Kier alpha value is -2.42. The quantitative estimate of drug-likeness (QED) is 0.387. The summed E-state index contributed by atoms with van der Waals surface area (Å²) in [6.45, 7) is 2.70. The number of carbonyl (C=O) groups excluding carboxylic acids is 2. The lowest BCUT2D eigenvalue weighted by atomic mass is 9.99. The van der Waals surface area contributed by atoms with Crippen LogP contribution in [0.2, 0.25) is 0 Å². The van der Waals surface area contributed by atoms with Crippen molar-refractivity contribution in [3.05, 3.63) is 65.5 Å². The Morgan fingerprint density at radius 2 is 1.88 bits per heavy atom. The van der Waals surface area contributed by atoms with Gasteiger partial charge in [-0.1, -0.05) is 37.1 Å². The largest absolute Gasteiger partial charge is 0.345 e. The van der Waals surface area contributed by atoms with Crippen molar-refractivity contribution >= 4 is 29.3 Å². The highest BCUT2D eigenvalue weighted by Gasteiger charge is 2.24. The molecule has 2 amide bonds. The maximum atomic E-state index is 13.1. The first-order chi connectivity index (χ1) is 16.4. The van der Waals surface area contributed by atoms with Gasteiger partial charge < -0.3 is 10.2 Å². The molecule has 0 spiro atoms. The summed E-state index contributed by atoms with van der Waals surface area (Å²) < 4.78 is 13.1. The van der Waals surface area contributed by atoms with Gasteiger partial charge in [0.05, 0.1) is 11.5 Å². The van der Waals surface area contributed by atoms with Gasteiger partial charge in [-0.25, -0.2) is 4.39 Å². The first-order valence-corrected chi connectivity index (χ1v) is 13.0. The van der Waals surface area contributed by atoms with Crippen molar-refractivity contribution in [2.45, 2.75) is 51.1 Å². The number of anilines is 1. The maximum absolute atomic E-state index is 13.1. The smallest absolute Gasteiger partial charge is 0.234 e. The van der Waals surface area contributed by atoms with E-state index < -0.39 is 0 Å². The molecule has 1 fully saturated rings. The zero-order chi connectivity index (χ0) is 24.3. The lowest BCUT2D eigenvalue weighted by Gasteiger charge is -2.17. The van der Waals surface area contributed by atoms with Crippen LogP contribution in [-0.2, 0) is 9.59 Å². The molecule has 184 valence electrons. The summed E-state index contributed by atoms with van der Waals surface area (Å²) in [6, 6.07) is 14.9. The van der Waals surface area contributed by atoms with Crippen LogP contribution in [-0.4, -0.2) is 47.9 Å². The molecule has 0 aromatic heterocycles. The van der Waals surface area contributed by atoms with Crippen LogP contribution in [0.15, 0.2) is 48.5 Å². The van der Waals surface area contributed by atoms with Crippen molar-refractivity contribution < 1.29 is 14.0 Å². The molecule has 1 aliphatic heterocycles. The number of nitrogens with one attached hydrogen (secondary N) is 3. The molecule has 8 heteroatoms. The van der Waals surface area contributed by atoms with E-state index in [-0.39, 0.29) is 29.4 Å². The van der Waals surface area contributed by atoms with Crippen molar-refractivity contribution in [3.8, 4) is 0 Å². The fraction of sp³-hybridized carbons (Fsp3) is 0.462. The van der Waals surface area contributed by atoms with Gasteiger partial charge in [0.25, 0.3) is 0 Å². The predicted octanol–water partition coefficient (Wildman–Crippen LogP) is 4.43. The minimum absolute atomic E-state index is 0.0529. The van der Waals surface area contributed by atoms with Gasteiger partial charge in [-0.2, -0.15) is 0 Å². The fourth-order valence-electron chi connectivity index (χ4n) is 4.03. The van der Waals surface area contributed by atoms with Gasteiger partial charge in [-0.15, -0.1) is 11.8 Å². The van der Waals surface area contributed by atoms with E-state index in [4.69, 9.17) is 0 Å². The molecule has 2 aromatic rings. The Morgan fingerprint density at radius 3 is 2.65 bits per heavy atom. The number of carbonyl (C=O) groups is 2. The third kappa shape index (κ3) is 8.74. The van der Waals surface area contributed by atoms with E-state index >= 15 is 0 Å². The van der Waals surface area contributed by atoms with Crippen molar-refractivity contribution in [3.63, 3.8) is 0 Å². The molecule has 2 unspecified atom stereocenters. The predicted molar refractivity (Wildman–Crippen MR) is 137 cm³/mol. The number of aryl methyl sites for hydroxylation is 1. The molecule has 3 N–H and O–H groups in total. The number of hydrazine groups is 1. The lowest BCUT2D eigenvalue weighted by molar-refractivity contribution is -0.127. The standard InChI is InChI=1S/C26H35FN4O2S/c1-19-7-6-9-22(15-19)28-25(32)17-34-18-26(33)31(2)14-5-3-4-8-23-16-24(30-29-23)20-10-12-21(27)13-11-20/h6-7,9-13,15,23-24,29-30H,3-5,8,14,16-18H2,1-2H3,(H,28,32). The van der Waals surface area contributed by atoms with Crippen molar-refractivity contribution in [1.82, 2.24) is 15.8 Å². The normalized spacial score (nSPS) is 17.5.